The summed E-state index contributed by atoms with van der Waals surface area (Å²) in [6.45, 7) is -0.849. The van der Waals surface area contributed by atoms with Crippen molar-refractivity contribution in [3.63, 3.8) is 0 Å². The Morgan fingerprint density at radius 1 is 0.872 bits per heavy atom. The van der Waals surface area contributed by atoms with Crippen molar-refractivity contribution in [2.24, 2.45) is 11.8 Å². The molecule has 15 heteroatoms. The number of carbonyl (C=O) groups is 4. The highest BCUT2D eigenvalue weighted by molar-refractivity contribution is 6.66. The van der Waals surface area contributed by atoms with E-state index in [1.54, 1.807) is 18.2 Å². The Balaban J connectivity index is 1.63. The Hall–Kier alpha value is -2.40. The van der Waals surface area contributed by atoms with E-state index in [-0.39, 0.29) is 15.6 Å². The molecule has 2 bridgehead atoms. The van der Waals surface area contributed by atoms with Crippen molar-refractivity contribution >= 4 is 98.8 Å². The minimum Gasteiger partial charge on any atom is -0.292 e. The van der Waals surface area contributed by atoms with Crippen molar-refractivity contribution in [1.29, 1.82) is 0 Å². The molecule has 0 N–H and O–H groups in total. The van der Waals surface area contributed by atoms with Crippen LogP contribution in [0.1, 0.15) is 20.7 Å². The van der Waals surface area contributed by atoms with Crippen LogP contribution in [0.25, 0.3) is 0 Å². The number of Topliss-reactive ketones (excluding diaryl/α,β-unsaturated/α-hetero) is 1. The Labute approximate surface area is 250 Å². The molecule has 1 heterocycles. The smallest absolute Gasteiger partial charge is 0.282 e. The van der Waals surface area contributed by atoms with Crippen LogP contribution in [0.4, 0.5) is 5.69 Å². The molecule has 5 rings (SSSR count). The fraction of sp³-hybridized carbons (Fsp3) is 0.250. The molecule has 202 valence electrons. The predicted molar refractivity (Wildman–Crippen MR) is 144 cm³/mol. The lowest BCUT2D eigenvalue weighted by Crippen LogP contribution is -2.56. The molecule has 9 nitrogen and oxygen atoms in total. The molecule has 0 spiro atoms. The molecule has 0 unspecified atom stereocenters. The Morgan fingerprint density at radius 3 is 1.87 bits per heavy atom. The lowest BCUT2D eigenvalue weighted by molar-refractivity contribution is -0.385. The van der Waals surface area contributed by atoms with Crippen LogP contribution in [0.5, 0.6) is 0 Å². The topological polar surface area (TPSA) is 118 Å². The van der Waals surface area contributed by atoms with Crippen molar-refractivity contribution in [2.45, 2.75) is 14.1 Å². The third kappa shape index (κ3) is 3.54. The molecule has 3 aliphatic rings. The van der Waals surface area contributed by atoms with Crippen molar-refractivity contribution < 1.29 is 24.1 Å². The molecule has 0 radical (unpaired) electrons. The zero-order valence-electron chi connectivity index (χ0n) is 19.1. The van der Waals surface area contributed by atoms with Crippen molar-refractivity contribution in [3.05, 3.63) is 85.9 Å². The van der Waals surface area contributed by atoms with Gasteiger partial charge in [0, 0.05) is 11.6 Å². The van der Waals surface area contributed by atoms with E-state index in [0.29, 0.717) is 10.0 Å². The number of halogens is 6. The summed E-state index contributed by atoms with van der Waals surface area (Å²) in [6, 6.07) is 12.6. The van der Waals surface area contributed by atoms with Gasteiger partial charge in [-0.25, -0.2) is 5.01 Å². The predicted octanol–water partition coefficient (Wildman–Crippen LogP) is 5.28. The molecular weight excluding hydrogens is 639 g/mol. The molecule has 3 amide bonds. The number of carbonyl (C=O) groups excluding carboxylic acids is 4. The molecule has 1 aliphatic heterocycles. The molecule has 2 aromatic rings. The highest BCUT2D eigenvalue weighted by atomic mass is 35.5. The van der Waals surface area contributed by atoms with E-state index in [9.17, 15) is 29.3 Å². The number of ketones is 1. The summed E-state index contributed by atoms with van der Waals surface area (Å²) in [5, 5.41) is 11.9. The highest BCUT2D eigenvalue weighted by Crippen LogP contribution is 2.77. The summed E-state index contributed by atoms with van der Waals surface area (Å²) in [7, 11) is 0. The van der Waals surface area contributed by atoms with Crippen LogP contribution in [0, 0.1) is 22.0 Å². The van der Waals surface area contributed by atoms with Gasteiger partial charge in [0.05, 0.1) is 26.8 Å². The summed E-state index contributed by atoms with van der Waals surface area (Å²) in [4.78, 5) is 61.2. The van der Waals surface area contributed by atoms with Crippen LogP contribution in [0.2, 0.25) is 0 Å². The molecule has 2 aromatic carbocycles. The quantitative estimate of drug-likeness (QED) is 0.138. The number of nitro benzene ring substituents is 1. The van der Waals surface area contributed by atoms with Gasteiger partial charge < -0.3 is 0 Å². The second kappa shape index (κ2) is 9.33. The summed E-state index contributed by atoms with van der Waals surface area (Å²) < 4.78 is -2.21. The third-order valence-corrected chi connectivity index (χ3v) is 11.3. The second-order valence-corrected chi connectivity index (χ2v) is 12.3. The van der Waals surface area contributed by atoms with Gasteiger partial charge in [0.15, 0.2) is 10.1 Å². The number of hydrogen-bond donors (Lipinski definition) is 0. The first-order valence-electron chi connectivity index (χ1n) is 11.1. The first-order chi connectivity index (χ1) is 18.2. The van der Waals surface area contributed by atoms with Gasteiger partial charge in [0.2, 0.25) is 0 Å². The zero-order chi connectivity index (χ0) is 28.7. The average molecular weight is 652 g/mol. The number of fused-ring (bicyclic) bond motifs is 5. The number of imide groups is 1. The van der Waals surface area contributed by atoms with Crippen LogP contribution in [0.3, 0.4) is 0 Å². The van der Waals surface area contributed by atoms with Gasteiger partial charge in [-0.05, 0) is 6.07 Å². The van der Waals surface area contributed by atoms with Gasteiger partial charge >= 0.3 is 0 Å². The van der Waals surface area contributed by atoms with E-state index in [1.807, 2.05) is 0 Å². The minimum atomic E-state index is -2.21. The van der Waals surface area contributed by atoms with Crippen molar-refractivity contribution in [1.82, 2.24) is 10.0 Å². The van der Waals surface area contributed by atoms with E-state index in [4.69, 9.17) is 69.6 Å². The first-order valence-corrected chi connectivity index (χ1v) is 13.3. The molecule has 4 atom stereocenters. The monoisotopic (exact) mass is 649 g/mol. The fourth-order valence-electron chi connectivity index (χ4n) is 5.26. The van der Waals surface area contributed by atoms with E-state index in [0.717, 1.165) is 12.1 Å². The van der Waals surface area contributed by atoms with Crippen LogP contribution >= 0.6 is 69.6 Å². The molecule has 1 saturated carbocycles. The Kier molecular flexibility index (Phi) is 6.73. The average Bonchev–Trinajstić information content (AvgIpc) is 3.30. The summed E-state index contributed by atoms with van der Waals surface area (Å²) in [6.07, 6.45) is 0. The second-order valence-electron chi connectivity index (χ2n) is 9.00. The number of rotatable bonds is 6. The van der Waals surface area contributed by atoms with Gasteiger partial charge in [-0.3, -0.25) is 29.3 Å². The summed E-state index contributed by atoms with van der Waals surface area (Å²) in [5.41, 5.74) is -0.952. The molecule has 2 aliphatic carbocycles. The van der Waals surface area contributed by atoms with Gasteiger partial charge in [0.25, 0.3) is 23.4 Å². The maximum Gasteiger partial charge on any atom is 0.282 e. The lowest BCUT2D eigenvalue weighted by atomic mass is 9.84. The normalized spacial score (nSPS) is 28.6. The fourth-order valence-corrected chi connectivity index (χ4v) is 8.18. The Bertz CT molecular complexity index is 1470. The van der Waals surface area contributed by atoms with E-state index < -0.39 is 72.1 Å². The van der Waals surface area contributed by atoms with Gasteiger partial charge in [-0.15, -0.1) is 23.2 Å². The number of benzene rings is 2. The van der Waals surface area contributed by atoms with Crippen LogP contribution in [-0.4, -0.2) is 59.1 Å². The molecular formula is C24H13Cl6N3O6. The zero-order valence-corrected chi connectivity index (χ0v) is 23.7. The maximum absolute atomic E-state index is 13.9. The number of nitro groups is 1. The molecule has 39 heavy (non-hydrogen) atoms. The summed E-state index contributed by atoms with van der Waals surface area (Å²) in [5.74, 6) is -7.21. The van der Waals surface area contributed by atoms with E-state index in [2.05, 4.69) is 0 Å². The largest absolute Gasteiger partial charge is 0.292 e. The SMILES string of the molecule is O=C(CN(C(=O)c1ccccc1[N+](=O)[O-])N1C(=O)[C@@H]2[C@H](C1=O)[C@@]1(Cl)C(Cl)=C(Cl)[C@@]2(Cl)C1(Cl)Cl)c1ccccc1. The third-order valence-electron chi connectivity index (χ3n) is 7.08. The minimum absolute atomic E-state index is 0.146. The standard InChI is InChI=1S/C24H13Cl6N3O6/c25-17-18(26)23(28)16-15(22(17,27)24(23,29)30)20(36)32(21(16)37)31(10-14(34)11-6-2-1-3-7-11)19(35)12-8-4-5-9-13(12)33(38)39/h1-9,15-16H,10H2/t15-,16+,22-,23-/m1/s1. The Morgan fingerprint density at radius 2 is 1.36 bits per heavy atom. The number of hydrogen-bond acceptors (Lipinski definition) is 6. The van der Waals surface area contributed by atoms with E-state index >= 15 is 0 Å². The number of para-hydroxylation sites is 1. The number of alkyl halides is 4. The van der Waals surface area contributed by atoms with Gasteiger partial charge in [-0.2, -0.15) is 5.01 Å². The maximum atomic E-state index is 13.9. The van der Waals surface area contributed by atoms with E-state index in [1.165, 1.54) is 24.3 Å². The summed E-state index contributed by atoms with van der Waals surface area (Å²) >= 11 is 39.1. The van der Waals surface area contributed by atoms with Crippen LogP contribution in [-0.2, 0) is 9.59 Å². The van der Waals surface area contributed by atoms with Gasteiger partial charge in [0.1, 0.15) is 21.9 Å². The molecule has 1 saturated heterocycles. The molecule has 2 fully saturated rings. The number of allylic oxidation sites excluding steroid dienone is 2. The first kappa shape index (κ1) is 28.1. The number of hydrazine groups is 1. The van der Waals surface area contributed by atoms with Crippen molar-refractivity contribution in [3.8, 4) is 0 Å². The van der Waals surface area contributed by atoms with Crippen molar-refractivity contribution in [2.75, 3.05) is 6.54 Å². The van der Waals surface area contributed by atoms with Gasteiger partial charge in [-0.1, -0.05) is 88.9 Å². The lowest BCUT2D eigenvalue weighted by Gasteiger charge is -2.36. The van der Waals surface area contributed by atoms with Crippen LogP contribution < -0.4 is 0 Å². The number of amides is 3. The molecule has 0 aromatic heterocycles. The van der Waals surface area contributed by atoms with Crippen LogP contribution in [0.15, 0.2) is 64.7 Å². The number of nitrogens with zero attached hydrogens (tertiary/aromatic N) is 3. The highest BCUT2D eigenvalue weighted by Gasteiger charge is 2.88.